The molecule has 0 saturated carbocycles. The first-order valence-corrected chi connectivity index (χ1v) is 6.13. The monoisotopic (exact) mass is 315 g/mol. The lowest BCUT2D eigenvalue weighted by Crippen LogP contribution is -2.08. The van der Waals surface area contributed by atoms with E-state index in [9.17, 15) is 18.0 Å². The Morgan fingerprint density at radius 1 is 1.14 bits per heavy atom. The molecule has 0 spiro atoms. The molecule has 0 atom stereocenters. The average molecular weight is 316 g/mol. The number of anilines is 2. The van der Waals surface area contributed by atoms with Crippen LogP contribution in [0.5, 0.6) is 0 Å². The maximum Gasteiger partial charge on any atom is 0.418 e. The number of carboxylic acid groups (broad SMARTS) is 1. The molecule has 0 aliphatic rings. The van der Waals surface area contributed by atoms with E-state index in [2.05, 4.69) is 5.32 Å². The predicted molar refractivity (Wildman–Crippen MR) is 73.1 cm³/mol. The number of nitrogens with one attached hydrogen (secondary N) is 1. The predicted octanol–water partition coefficient (Wildman–Crippen LogP) is 4.80. The molecule has 7 heteroatoms. The van der Waals surface area contributed by atoms with Crippen LogP contribution in [0.3, 0.4) is 0 Å². The molecule has 0 aliphatic carbocycles. The molecule has 0 aliphatic heterocycles. The Bertz CT molecular complexity index is 686. The van der Waals surface area contributed by atoms with Gasteiger partial charge in [-0.3, -0.25) is 0 Å². The van der Waals surface area contributed by atoms with E-state index in [-0.39, 0.29) is 22.0 Å². The van der Waals surface area contributed by atoms with Crippen LogP contribution in [0, 0.1) is 0 Å². The van der Waals surface area contributed by atoms with E-state index in [1.165, 1.54) is 36.4 Å². The highest BCUT2D eigenvalue weighted by Gasteiger charge is 2.33. The zero-order valence-corrected chi connectivity index (χ0v) is 11.2. The van der Waals surface area contributed by atoms with E-state index >= 15 is 0 Å². The van der Waals surface area contributed by atoms with Gasteiger partial charge in [0.1, 0.15) is 0 Å². The molecule has 0 fully saturated rings. The van der Waals surface area contributed by atoms with Crippen LogP contribution in [-0.2, 0) is 6.18 Å². The third-order valence-corrected chi connectivity index (χ3v) is 3.04. The van der Waals surface area contributed by atoms with Crippen LogP contribution in [0.1, 0.15) is 15.9 Å². The van der Waals surface area contributed by atoms with Crippen LogP contribution in [0.25, 0.3) is 0 Å². The van der Waals surface area contributed by atoms with Crippen molar-refractivity contribution in [3.05, 3.63) is 58.6 Å². The van der Waals surface area contributed by atoms with Gasteiger partial charge in [0.05, 0.1) is 21.8 Å². The van der Waals surface area contributed by atoms with E-state index in [4.69, 9.17) is 16.7 Å². The van der Waals surface area contributed by atoms with Gasteiger partial charge in [0.2, 0.25) is 0 Å². The molecule has 0 saturated heterocycles. The highest BCUT2D eigenvalue weighted by Crippen LogP contribution is 2.36. The topological polar surface area (TPSA) is 49.3 Å². The third-order valence-electron chi connectivity index (χ3n) is 2.71. The number of hydrogen-bond donors (Lipinski definition) is 2. The van der Waals surface area contributed by atoms with E-state index in [0.717, 1.165) is 6.07 Å². The molecule has 0 aromatic heterocycles. The smallest absolute Gasteiger partial charge is 0.418 e. The number of halogens is 4. The zero-order chi connectivity index (χ0) is 15.6. The SMILES string of the molecule is O=C(O)c1cc(Nc2ccccc2C(F)(F)F)ccc1Cl. The fourth-order valence-corrected chi connectivity index (χ4v) is 1.96. The van der Waals surface area contributed by atoms with Crippen molar-refractivity contribution in [3.63, 3.8) is 0 Å². The average Bonchev–Trinajstić information content (AvgIpc) is 2.40. The molecule has 0 radical (unpaired) electrons. The van der Waals surface area contributed by atoms with Crippen molar-refractivity contribution < 1.29 is 23.1 Å². The van der Waals surface area contributed by atoms with Gasteiger partial charge in [-0.05, 0) is 30.3 Å². The summed E-state index contributed by atoms with van der Waals surface area (Å²) in [6.07, 6.45) is -4.51. The fourth-order valence-electron chi connectivity index (χ4n) is 1.76. The highest BCUT2D eigenvalue weighted by atomic mass is 35.5. The summed E-state index contributed by atoms with van der Waals surface area (Å²) in [5, 5.41) is 11.5. The van der Waals surface area contributed by atoms with Gasteiger partial charge in [-0.15, -0.1) is 0 Å². The summed E-state index contributed by atoms with van der Waals surface area (Å²) in [6.45, 7) is 0. The lowest BCUT2D eigenvalue weighted by atomic mass is 10.1. The molecule has 0 bridgehead atoms. The van der Waals surface area contributed by atoms with Crippen molar-refractivity contribution >= 4 is 28.9 Å². The van der Waals surface area contributed by atoms with Crippen molar-refractivity contribution in [1.82, 2.24) is 0 Å². The van der Waals surface area contributed by atoms with Gasteiger partial charge in [-0.25, -0.2) is 4.79 Å². The molecular formula is C14H9ClF3NO2. The highest BCUT2D eigenvalue weighted by molar-refractivity contribution is 6.33. The van der Waals surface area contributed by atoms with Gasteiger partial charge < -0.3 is 10.4 Å². The Morgan fingerprint density at radius 2 is 1.81 bits per heavy atom. The van der Waals surface area contributed by atoms with E-state index < -0.39 is 17.7 Å². The molecule has 2 aromatic rings. The number of alkyl halides is 3. The number of rotatable bonds is 3. The molecular weight excluding hydrogens is 307 g/mol. The molecule has 3 nitrogen and oxygen atoms in total. The Morgan fingerprint density at radius 3 is 2.43 bits per heavy atom. The van der Waals surface area contributed by atoms with Gasteiger partial charge in [0, 0.05) is 5.69 Å². The maximum absolute atomic E-state index is 12.9. The minimum absolute atomic E-state index is 0.0113. The molecule has 21 heavy (non-hydrogen) atoms. The van der Waals surface area contributed by atoms with Crippen molar-refractivity contribution in [1.29, 1.82) is 0 Å². The lowest BCUT2D eigenvalue weighted by molar-refractivity contribution is -0.136. The first kappa shape index (κ1) is 15.2. The number of hydrogen-bond acceptors (Lipinski definition) is 2. The second-order valence-corrected chi connectivity index (χ2v) is 4.58. The lowest BCUT2D eigenvalue weighted by Gasteiger charge is -2.14. The molecule has 2 aromatic carbocycles. The number of aromatic carboxylic acids is 1. The number of benzene rings is 2. The van der Waals surface area contributed by atoms with Crippen molar-refractivity contribution in [2.75, 3.05) is 5.32 Å². The fraction of sp³-hybridized carbons (Fsp3) is 0.0714. The molecule has 110 valence electrons. The van der Waals surface area contributed by atoms with E-state index in [0.29, 0.717) is 0 Å². The summed E-state index contributed by atoms with van der Waals surface area (Å²) in [5.41, 5.74) is -0.986. The van der Waals surface area contributed by atoms with Gasteiger partial charge in [0.15, 0.2) is 0 Å². The van der Waals surface area contributed by atoms with Gasteiger partial charge in [0.25, 0.3) is 0 Å². The molecule has 0 amide bonds. The standard InChI is InChI=1S/C14H9ClF3NO2/c15-11-6-5-8(7-9(11)13(20)21)19-12-4-2-1-3-10(12)14(16,17)18/h1-7,19H,(H,20,21). The van der Waals surface area contributed by atoms with Crippen molar-refractivity contribution in [2.24, 2.45) is 0 Å². The van der Waals surface area contributed by atoms with E-state index in [1.807, 2.05) is 0 Å². The second kappa shape index (κ2) is 5.65. The summed E-state index contributed by atoms with van der Waals surface area (Å²) >= 11 is 5.71. The van der Waals surface area contributed by atoms with Crippen LogP contribution >= 0.6 is 11.6 Å². The summed E-state index contributed by atoms with van der Waals surface area (Å²) in [7, 11) is 0. The Kier molecular flexibility index (Phi) is 4.09. The van der Waals surface area contributed by atoms with Gasteiger partial charge in [-0.2, -0.15) is 13.2 Å². The largest absolute Gasteiger partial charge is 0.478 e. The molecule has 2 N–H and O–H groups in total. The Labute approximate surface area is 123 Å². The Hall–Kier alpha value is -2.21. The summed E-state index contributed by atoms with van der Waals surface area (Å²) < 4.78 is 38.6. The molecule has 0 heterocycles. The van der Waals surface area contributed by atoms with Crippen molar-refractivity contribution in [3.8, 4) is 0 Å². The van der Waals surface area contributed by atoms with Gasteiger partial charge in [-0.1, -0.05) is 23.7 Å². The number of carbonyl (C=O) groups is 1. The van der Waals surface area contributed by atoms with Crippen LogP contribution in [0.4, 0.5) is 24.5 Å². The van der Waals surface area contributed by atoms with Crippen LogP contribution < -0.4 is 5.32 Å². The molecule has 0 unspecified atom stereocenters. The molecule has 2 rings (SSSR count). The third kappa shape index (κ3) is 3.46. The quantitative estimate of drug-likeness (QED) is 0.855. The maximum atomic E-state index is 12.9. The second-order valence-electron chi connectivity index (χ2n) is 4.17. The Balaban J connectivity index is 2.40. The minimum Gasteiger partial charge on any atom is -0.478 e. The number of para-hydroxylation sites is 1. The number of carboxylic acids is 1. The zero-order valence-electron chi connectivity index (χ0n) is 10.4. The van der Waals surface area contributed by atoms with Crippen molar-refractivity contribution in [2.45, 2.75) is 6.18 Å². The normalized spacial score (nSPS) is 11.2. The first-order chi connectivity index (χ1) is 9.79. The van der Waals surface area contributed by atoms with Crippen LogP contribution in [0.15, 0.2) is 42.5 Å². The summed E-state index contributed by atoms with van der Waals surface area (Å²) in [4.78, 5) is 11.0. The minimum atomic E-state index is -4.51. The summed E-state index contributed by atoms with van der Waals surface area (Å²) in [6, 6.07) is 8.82. The summed E-state index contributed by atoms with van der Waals surface area (Å²) in [5.74, 6) is -1.26. The van der Waals surface area contributed by atoms with E-state index in [1.54, 1.807) is 0 Å². The van der Waals surface area contributed by atoms with Gasteiger partial charge >= 0.3 is 12.1 Å². The first-order valence-electron chi connectivity index (χ1n) is 5.75. The van der Waals surface area contributed by atoms with Crippen LogP contribution in [0.2, 0.25) is 5.02 Å². The van der Waals surface area contributed by atoms with Crippen LogP contribution in [-0.4, -0.2) is 11.1 Å².